The van der Waals surface area contributed by atoms with Crippen LogP contribution in [0.25, 0.3) is 0 Å². The van der Waals surface area contributed by atoms with E-state index < -0.39 is 0 Å². The van der Waals surface area contributed by atoms with Crippen LogP contribution >= 0.6 is 11.8 Å². The second kappa shape index (κ2) is 4.99. The lowest BCUT2D eigenvalue weighted by atomic mass is 10.3. The van der Waals surface area contributed by atoms with Crippen molar-refractivity contribution >= 4 is 11.8 Å². The number of aromatic nitrogens is 1. The van der Waals surface area contributed by atoms with Crippen LogP contribution in [0.4, 0.5) is 0 Å². The minimum absolute atomic E-state index is 0.989. The van der Waals surface area contributed by atoms with Gasteiger partial charge < -0.3 is 0 Å². The molecule has 64 valence electrons. The molecule has 2 heteroatoms. The Morgan fingerprint density at radius 2 is 2.25 bits per heavy atom. The lowest BCUT2D eigenvalue weighted by Gasteiger charge is -2.06. The van der Waals surface area contributed by atoms with Gasteiger partial charge in [-0.3, -0.25) is 4.98 Å². The molecule has 1 aliphatic rings. The predicted molar refractivity (Wildman–Crippen MR) is 54.3 cm³/mol. The molecule has 0 amide bonds. The van der Waals surface area contributed by atoms with Crippen LogP contribution in [0.3, 0.4) is 0 Å². The van der Waals surface area contributed by atoms with Crippen molar-refractivity contribution in [2.75, 3.05) is 0 Å². The third-order valence-electron chi connectivity index (χ3n) is 1.45. The molecule has 0 spiro atoms. The fourth-order valence-corrected chi connectivity index (χ4v) is 1.73. The Labute approximate surface area is 77.9 Å². The van der Waals surface area contributed by atoms with E-state index in [1.165, 1.54) is 10.6 Å². The zero-order chi connectivity index (χ0) is 8.81. The van der Waals surface area contributed by atoms with Gasteiger partial charge in [0, 0.05) is 17.5 Å². The van der Waals surface area contributed by atoms with E-state index in [2.05, 4.69) is 22.5 Å². The standard InChI is InChI=1S/C8H7NS.C2H6/c1-4-8-7(9-5-1)3-2-6-10-8;1-2/h1-2,4-6H,3H2;1-2H3. The number of rotatable bonds is 0. The van der Waals surface area contributed by atoms with Crippen LogP contribution in [0.2, 0.25) is 0 Å². The smallest absolute Gasteiger partial charge is 0.0580 e. The molecule has 1 nitrogen and oxygen atoms in total. The molecule has 0 saturated heterocycles. The highest BCUT2D eigenvalue weighted by Crippen LogP contribution is 2.26. The number of thioether (sulfide) groups is 1. The number of nitrogens with zero attached hydrogens (tertiary/aromatic N) is 1. The average Bonchev–Trinajstić information content (AvgIpc) is 2.21. The molecule has 0 fully saturated rings. The first-order valence-corrected chi connectivity index (χ1v) is 5.10. The van der Waals surface area contributed by atoms with Crippen molar-refractivity contribution in [1.29, 1.82) is 0 Å². The van der Waals surface area contributed by atoms with E-state index in [1.807, 2.05) is 26.1 Å². The summed E-state index contributed by atoms with van der Waals surface area (Å²) in [6, 6.07) is 4.08. The first-order chi connectivity index (χ1) is 5.97. The molecule has 1 aromatic rings. The highest BCUT2D eigenvalue weighted by Gasteiger charge is 2.03. The van der Waals surface area contributed by atoms with Gasteiger partial charge in [-0.2, -0.15) is 0 Å². The van der Waals surface area contributed by atoms with Crippen molar-refractivity contribution in [2.45, 2.75) is 25.2 Å². The fraction of sp³-hybridized carbons (Fsp3) is 0.300. The van der Waals surface area contributed by atoms with Gasteiger partial charge in [0.25, 0.3) is 0 Å². The van der Waals surface area contributed by atoms with Crippen LogP contribution in [0.5, 0.6) is 0 Å². The van der Waals surface area contributed by atoms with Gasteiger partial charge in [0.1, 0.15) is 0 Å². The van der Waals surface area contributed by atoms with Crippen molar-refractivity contribution in [2.24, 2.45) is 0 Å². The van der Waals surface area contributed by atoms with E-state index in [4.69, 9.17) is 0 Å². The van der Waals surface area contributed by atoms with Crippen molar-refractivity contribution in [3.8, 4) is 0 Å². The number of allylic oxidation sites excluding steroid dienone is 1. The Morgan fingerprint density at radius 3 is 3.00 bits per heavy atom. The molecule has 0 atom stereocenters. The highest BCUT2D eigenvalue weighted by molar-refractivity contribution is 8.02. The summed E-state index contributed by atoms with van der Waals surface area (Å²) in [7, 11) is 0. The molecule has 0 radical (unpaired) electrons. The van der Waals surface area contributed by atoms with Crippen molar-refractivity contribution in [1.82, 2.24) is 4.98 Å². The number of hydrogen-bond acceptors (Lipinski definition) is 2. The third kappa shape index (κ3) is 2.11. The van der Waals surface area contributed by atoms with Gasteiger partial charge >= 0.3 is 0 Å². The quantitative estimate of drug-likeness (QED) is 0.606. The summed E-state index contributed by atoms with van der Waals surface area (Å²) in [5.74, 6) is 0. The highest BCUT2D eigenvalue weighted by atomic mass is 32.2. The van der Waals surface area contributed by atoms with Crippen molar-refractivity contribution in [3.05, 3.63) is 35.5 Å². The van der Waals surface area contributed by atoms with Crippen LogP contribution in [0.15, 0.2) is 34.7 Å². The topological polar surface area (TPSA) is 12.9 Å². The molecule has 1 aromatic heterocycles. The molecule has 2 rings (SSSR count). The summed E-state index contributed by atoms with van der Waals surface area (Å²) >= 11 is 1.75. The second-order valence-corrected chi connectivity index (χ2v) is 3.09. The molecule has 1 aliphatic heterocycles. The van der Waals surface area contributed by atoms with E-state index in [0.717, 1.165) is 6.42 Å². The Bertz CT molecular complexity index is 241. The molecule has 0 bridgehead atoms. The van der Waals surface area contributed by atoms with Crippen molar-refractivity contribution < 1.29 is 0 Å². The predicted octanol–water partition coefficient (Wildman–Crippen LogP) is 3.27. The zero-order valence-electron chi connectivity index (χ0n) is 7.45. The fourth-order valence-electron chi connectivity index (χ4n) is 0.965. The molecule has 0 saturated carbocycles. The first kappa shape index (κ1) is 9.33. The minimum Gasteiger partial charge on any atom is -0.260 e. The SMILES string of the molecule is C1=CSc2cccnc2C1.CC. The molecule has 0 N–H and O–H groups in total. The zero-order valence-corrected chi connectivity index (χ0v) is 8.27. The molecule has 12 heavy (non-hydrogen) atoms. The molecule has 2 heterocycles. The van der Waals surface area contributed by atoms with Gasteiger partial charge in [0.2, 0.25) is 0 Å². The summed E-state index contributed by atoms with van der Waals surface area (Å²) < 4.78 is 0. The lowest BCUT2D eigenvalue weighted by molar-refractivity contribution is 1.04. The van der Waals surface area contributed by atoms with Crippen molar-refractivity contribution in [3.63, 3.8) is 0 Å². The van der Waals surface area contributed by atoms with Gasteiger partial charge in [0.05, 0.1) is 5.69 Å². The first-order valence-electron chi connectivity index (χ1n) is 4.22. The Morgan fingerprint density at radius 1 is 1.42 bits per heavy atom. The number of hydrogen-bond donors (Lipinski definition) is 0. The summed E-state index contributed by atoms with van der Waals surface area (Å²) in [6.07, 6.45) is 4.97. The minimum atomic E-state index is 0.989. The van der Waals surface area contributed by atoms with Gasteiger partial charge in [0.15, 0.2) is 0 Å². The van der Waals surface area contributed by atoms with E-state index >= 15 is 0 Å². The van der Waals surface area contributed by atoms with Gasteiger partial charge in [-0.25, -0.2) is 0 Å². The maximum absolute atomic E-state index is 4.25. The Hall–Kier alpha value is -0.760. The van der Waals surface area contributed by atoms with E-state index in [-0.39, 0.29) is 0 Å². The Kier molecular flexibility index (Phi) is 3.88. The molecular weight excluding hydrogens is 166 g/mol. The van der Waals surface area contributed by atoms with Crippen LogP contribution in [-0.4, -0.2) is 4.98 Å². The maximum Gasteiger partial charge on any atom is 0.0580 e. The van der Waals surface area contributed by atoms with E-state index in [9.17, 15) is 0 Å². The maximum atomic E-state index is 4.25. The third-order valence-corrected chi connectivity index (χ3v) is 2.41. The van der Waals surface area contributed by atoms with Gasteiger partial charge in [-0.1, -0.05) is 31.7 Å². The van der Waals surface area contributed by atoms with Gasteiger partial charge in [-0.05, 0) is 17.5 Å². The largest absolute Gasteiger partial charge is 0.260 e. The Balaban J connectivity index is 0.000000336. The van der Waals surface area contributed by atoms with E-state index in [0.29, 0.717) is 0 Å². The lowest BCUT2D eigenvalue weighted by Crippen LogP contribution is -1.92. The summed E-state index contributed by atoms with van der Waals surface area (Å²) in [6.45, 7) is 4.00. The van der Waals surface area contributed by atoms with Gasteiger partial charge in [-0.15, -0.1) is 0 Å². The van der Waals surface area contributed by atoms with Crippen LogP contribution in [0, 0.1) is 0 Å². The molecular formula is C10H13NS. The van der Waals surface area contributed by atoms with E-state index in [1.54, 1.807) is 11.8 Å². The molecule has 0 unspecified atom stereocenters. The number of fused-ring (bicyclic) bond motifs is 1. The normalized spacial score (nSPS) is 12.8. The second-order valence-electron chi connectivity index (χ2n) is 2.14. The molecule has 0 aliphatic carbocycles. The van der Waals surface area contributed by atoms with Crippen LogP contribution < -0.4 is 0 Å². The average molecular weight is 179 g/mol. The summed E-state index contributed by atoms with van der Waals surface area (Å²) in [4.78, 5) is 5.54. The van der Waals surface area contributed by atoms with Crippen LogP contribution in [0.1, 0.15) is 19.5 Å². The van der Waals surface area contributed by atoms with Crippen LogP contribution in [-0.2, 0) is 6.42 Å². The molecule has 0 aromatic carbocycles. The monoisotopic (exact) mass is 179 g/mol. The summed E-state index contributed by atoms with van der Waals surface area (Å²) in [5, 5.41) is 2.12. The number of pyridine rings is 1. The summed E-state index contributed by atoms with van der Waals surface area (Å²) in [5.41, 5.74) is 1.20.